The lowest BCUT2D eigenvalue weighted by Crippen LogP contribution is -2.32. The van der Waals surface area contributed by atoms with Crippen molar-refractivity contribution >= 4 is 23.4 Å². The summed E-state index contributed by atoms with van der Waals surface area (Å²) in [4.78, 5) is 34.1. The molecule has 4 rings (SSSR count). The van der Waals surface area contributed by atoms with E-state index in [-0.39, 0.29) is 29.1 Å². The van der Waals surface area contributed by atoms with Crippen LogP contribution in [-0.4, -0.2) is 42.1 Å². The molecule has 0 unspecified atom stereocenters. The van der Waals surface area contributed by atoms with Crippen LogP contribution in [0.5, 0.6) is 5.88 Å². The SMILES string of the molecule is COC(=O)CC1CCC(c2ccc(N3CCOc4ncnc(N)c4C3=O)cc2)CC1. The first-order chi connectivity index (χ1) is 14.6. The fourth-order valence-electron chi connectivity index (χ4n) is 4.35. The van der Waals surface area contributed by atoms with E-state index in [2.05, 4.69) is 22.1 Å². The van der Waals surface area contributed by atoms with Crippen molar-refractivity contribution in [3.63, 3.8) is 0 Å². The summed E-state index contributed by atoms with van der Waals surface area (Å²) >= 11 is 0. The number of benzene rings is 1. The number of hydrogen-bond donors (Lipinski definition) is 1. The normalized spacial score (nSPS) is 21.4. The number of ether oxygens (including phenoxy) is 2. The number of carbonyl (C=O) groups excluding carboxylic acids is 2. The second-order valence-electron chi connectivity index (χ2n) is 7.83. The van der Waals surface area contributed by atoms with Gasteiger partial charge in [-0.15, -0.1) is 0 Å². The van der Waals surface area contributed by atoms with Crippen LogP contribution in [0.25, 0.3) is 0 Å². The zero-order valence-electron chi connectivity index (χ0n) is 17.0. The van der Waals surface area contributed by atoms with E-state index in [1.54, 1.807) is 4.90 Å². The minimum atomic E-state index is -0.253. The van der Waals surface area contributed by atoms with Crippen molar-refractivity contribution in [1.82, 2.24) is 9.97 Å². The van der Waals surface area contributed by atoms with E-state index in [1.807, 2.05) is 12.1 Å². The highest BCUT2D eigenvalue weighted by Crippen LogP contribution is 2.38. The highest BCUT2D eigenvalue weighted by Gasteiger charge is 2.29. The maximum Gasteiger partial charge on any atom is 0.305 e. The molecule has 0 spiro atoms. The highest BCUT2D eigenvalue weighted by atomic mass is 16.5. The van der Waals surface area contributed by atoms with E-state index in [1.165, 1.54) is 19.0 Å². The summed E-state index contributed by atoms with van der Waals surface area (Å²) in [5, 5.41) is 0. The molecule has 0 atom stereocenters. The molecule has 1 amide bonds. The summed E-state index contributed by atoms with van der Waals surface area (Å²) in [5.41, 5.74) is 8.17. The van der Waals surface area contributed by atoms with Crippen LogP contribution >= 0.6 is 0 Å². The van der Waals surface area contributed by atoms with Crippen molar-refractivity contribution in [3.05, 3.63) is 41.7 Å². The monoisotopic (exact) mass is 410 g/mol. The molecule has 2 heterocycles. The first-order valence-corrected chi connectivity index (χ1v) is 10.3. The smallest absolute Gasteiger partial charge is 0.305 e. The number of hydrogen-bond acceptors (Lipinski definition) is 7. The Morgan fingerprint density at radius 3 is 2.63 bits per heavy atom. The quantitative estimate of drug-likeness (QED) is 0.772. The molecule has 0 radical (unpaired) electrons. The first kappa shape index (κ1) is 20.1. The van der Waals surface area contributed by atoms with Crippen molar-refractivity contribution in [1.29, 1.82) is 0 Å². The number of nitrogen functional groups attached to an aromatic ring is 1. The van der Waals surface area contributed by atoms with Crippen molar-refractivity contribution in [3.8, 4) is 5.88 Å². The van der Waals surface area contributed by atoms with Gasteiger partial charge in [-0.2, -0.15) is 0 Å². The number of aromatic nitrogens is 2. The number of anilines is 2. The first-order valence-electron chi connectivity index (χ1n) is 10.3. The number of rotatable bonds is 4. The number of amides is 1. The van der Waals surface area contributed by atoms with Gasteiger partial charge in [0, 0.05) is 12.1 Å². The minimum Gasteiger partial charge on any atom is -0.475 e. The van der Waals surface area contributed by atoms with E-state index in [9.17, 15) is 9.59 Å². The summed E-state index contributed by atoms with van der Waals surface area (Å²) in [6.45, 7) is 0.744. The summed E-state index contributed by atoms with van der Waals surface area (Å²) in [6.07, 6.45) is 5.97. The number of carbonyl (C=O) groups is 2. The van der Waals surface area contributed by atoms with Gasteiger partial charge in [-0.25, -0.2) is 9.97 Å². The third-order valence-corrected chi connectivity index (χ3v) is 6.06. The van der Waals surface area contributed by atoms with Gasteiger partial charge in [0.25, 0.3) is 5.91 Å². The Kier molecular flexibility index (Phi) is 5.83. The summed E-state index contributed by atoms with van der Waals surface area (Å²) in [7, 11) is 1.44. The van der Waals surface area contributed by atoms with E-state index >= 15 is 0 Å². The second-order valence-corrected chi connectivity index (χ2v) is 7.83. The third kappa shape index (κ3) is 4.08. The molecule has 0 saturated heterocycles. The number of esters is 1. The molecule has 2 N–H and O–H groups in total. The summed E-state index contributed by atoms with van der Waals surface area (Å²) in [6, 6.07) is 8.12. The fraction of sp³-hybridized carbons (Fsp3) is 0.455. The molecule has 158 valence electrons. The number of methoxy groups -OCH3 is 1. The van der Waals surface area contributed by atoms with Crippen LogP contribution in [0.15, 0.2) is 30.6 Å². The average Bonchev–Trinajstić information content (AvgIpc) is 2.94. The Morgan fingerprint density at radius 2 is 1.93 bits per heavy atom. The van der Waals surface area contributed by atoms with Gasteiger partial charge in [-0.1, -0.05) is 12.1 Å². The van der Waals surface area contributed by atoms with Crippen LogP contribution in [0, 0.1) is 5.92 Å². The van der Waals surface area contributed by atoms with Crippen LogP contribution < -0.4 is 15.4 Å². The Morgan fingerprint density at radius 1 is 1.20 bits per heavy atom. The van der Waals surface area contributed by atoms with Gasteiger partial charge in [0.05, 0.1) is 13.7 Å². The lowest BCUT2D eigenvalue weighted by atomic mass is 9.77. The summed E-state index contributed by atoms with van der Waals surface area (Å²) < 4.78 is 10.4. The van der Waals surface area contributed by atoms with Gasteiger partial charge in [0.15, 0.2) is 0 Å². The van der Waals surface area contributed by atoms with Gasteiger partial charge in [0.2, 0.25) is 5.88 Å². The van der Waals surface area contributed by atoms with Crippen molar-refractivity contribution < 1.29 is 19.1 Å². The van der Waals surface area contributed by atoms with Crippen LogP contribution in [-0.2, 0) is 9.53 Å². The lowest BCUT2D eigenvalue weighted by Gasteiger charge is -2.28. The molecular weight excluding hydrogens is 384 g/mol. The standard InChI is InChI=1S/C22H26N4O4/c1-29-18(27)12-14-2-4-15(5-3-14)16-6-8-17(9-7-16)26-10-11-30-21-19(22(26)28)20(23)24-13-25-21/h6-9,13-15H,2-5,10-12H2,1H3,(H2,23,24,25). The van der Waals surface area contributed by atoms with Gasteiger partial charge < -0.3 is 20.1 Å². The van der Waals surface area contributed by atoms with E-state index < -0.39 is 0 Å². The molecule has 30 heavy (non-hydrogen) atoms. The predicted molar refractivity (Wildman–Crippen MR) is 111 cm³/mol. The minimum absolute atomic E-state index is 0.122. The Labute approximate surface area is 175 Å². The predicted octanol–water partition coefficient (Wildman–Crippen LogP) is 2.93. The van der Waals surface area contributed by atoms with E-state index in [0.29, 0.717) is 31.4 Å². The molecule has 1 aromatic heterocycles. The van der Waals surface area contributed by atoms with Gasteiger partial charge >= 0.3 is 5.97 Å². The Bertz CT molecular complexity index is 923. The summed E-state index contributed by atoms with van der Waals surface area (Å²) in [5.74, 6) is 0.863. The molecule has 2 aromatic rings. The van der Waals surface area contributed by atoms with E-state index in [0.717, 1.165) is 31.4 Å². The number of fused-ring (bicyclic) bond motifs is 1. The Hall–Kier alpha value is -3.16. The maximum absolute atomic E-state index is 13.0. The molecule has 1 aromatic carbocycles. The molecule has 1 saturated carbocycles. The van der Waals surface area contributed by atoms with Crippen LogP contribution in [0.2, 0.25) is 0 Å². The molecule has 2 aliphatic rings. The number of nitrogens with two attached hydrogens (primary N) is 1. The molecule has 8 nitrogen and oxygen atoms in total. The van der Waals surface area contributed by atoms with Gasteiger partial charge in [-0.05, 0) is 55.2 Å². The Balaban J connectivity index is 1.45. The van der Waals surface area contributed by atoms with Gasteiger partial charge in [-0.3, -0.25) is 9.59 Å². The topological polar surface area (TPSA) is 108 Å². The zero-order chi connectivity index (χ0) is 21.1. The number of nitrogens with zero attached hydrogens (tertiary/aromatic N) is 3. The maximum atomic E-state index is 13.0. The van der Waals surface area contributed by atoms with Crippen LogP contribution in [0.4, 0.5) is 11.5 Å². The van der Waals surface area contributed by atoms with E-state index in [4.69, 9.17) is 15.2 Å². The zero-order valence-corrected chi connectivity index (χ0v) is 17.0. The lowest BCUT2D eigenvalue weighted by molar-refractivity contribution is -0.142. The van der Waals surface area contributed by atoms with Gasteiger partial charge in [0.1, 0.15) is 24.3 Å². The fourth-order valence-corrected chi connectivity index (χ4v) is 4.35. The highest BCUT2D eigenvalue weighted by molar-refractivity contribution is 6.10. The third-order valence-electron chi connectivity index (χ3n) is 6.06. The molecule has 0 bridgehead atoms. The molecule has 1 aliphatic carbocycles. The largest absolute Gasteiger partial charge is 0.475 e. The average molecular weight is 410 g/mol. The second kappa shape index (κ2) is 8.69. The molecule has 1 fully saturated rings. The molecular formula is C22H26N4O4. The molecule has 1 aliphatic heterocycles. The van der Waals surface area contributed by atoms with Crippen molar-refractivity contribution in [2.45, 2.75) is 38.0 Å². The van der Waals surface area contributed by atoms with Crippen LogP contribution in [0.3, 0.4) is 0 Å². The molecule has 8 heteroatoms. The van der Waals surface area contributed by atoms with Crippen LogP contribution in [0.1, 0.15) is 53.9 Å². The van der Waals surface area contributed by atoms with Crippen molar-refractivity contribution in [2.24, 2.45) is 5.92 Å². The van der Waals surface area contributed by atoms with Crippen molar-refractivity contribution in [2.75, 3.05) is 30.9 Å².